The number of aliphatic hydroxyl groups is 1. The summed E-state index contributed by atoms with van der Waals surface area (Å²) in [5.74, 6) is -1.54. The summed E-state index contributed by atoms with van der Waals surface area (Å²) in [7, 11) is 1.00. The van der Waals surface area contributed by atoms with E-state index in [4.69, 9.17) is 22.3 Å². The third-order valence-corrected chi connectivity index (χ3v) is 4.87. The number of fused-ring (bicyclic) bond motifs is 2. The first-order valence-electron chi connectivity index (χ1n) is 9.84. The van der Waals surface area contributed by atoms with Gasteiger partial charge in [0.05, 0.1) is 17.8 Å². The van der Waals surface area contributed by atoms with E-state index in [1.165, 1.54) is 28.0 Å². The highest BCUT2D eigenvalue weighted by Crippen LogP contribution is 2.32. The minimum atomic E-state index is -0.621. The lowest BCUT2D eigenvalue weighted by Crippen LogP contribution is -2.35. The normalized spacial score (nSPS) is 13.2. The molecule has 0 bridgehead atoms. The molecule has 0 aliphatic carbocycles. The van der Waals surface area contributed by atoms with Crippen LogP contribution in [0.4, 0.5) is 22.7 Å². The molecule has 2 aliphatic heterocycles. The van der Waals surface area contributed by atoms with Gasteiger partial charge >= 0.3 is 0 Å². The van der Waals surface area contributed by atoms with Crippen molar-refractivity contribution in [2.24, 2.45) is 11.5 Å². The molecule has 4 amide bonds. The van der Waals surface area contributed by atoms with Crippen LogP contribution >= 0.6 is 0 Å². The van der Waals surface area contributed by atoms with Crippen molar-refractivity contribution < 1.29 is 29.2 Å². The standard InChI is InChI=1S/C10H9N3O4.C10H11N3O2.CH4O/c11-9(14)5-12-8-2-1-7(13(16)17)3-6(8)4-10(12)15;11-7-1-2-8-6(3-7)4-10(15)13(8)5-9(12)14;1-2/h1-3H,4-5H2,(H2,11,14);1-3H,4-5,11H2,(H2,12,14);2H,1H3. The van der Waals surface area contributed by atoms with Gasteiger partial charge in [-0.25, -0.2) is 0 Å². The number of hydrogen-bond donors (Lipinski definition) is 4. The lowest BCUT2D eigenvalue weighted by atomic mass is 10.1. The van der Waals surface area contributed by atoms with Crippen molar-refractivity contribution in [3.8, 4) is 0 Å². The van der Waals surface area contributed by atoms with Crippen molar-refractivity contribution in [2.75, 3.05) is 35.7 Å². The number of carbonyl (C=O) groups excluding carboxylic acids is 4. The van der Waals surface area contributed by atoms with Crippen molar-refractivity contribution in [3.05, 3.63) is 57.6 Å². The molecule has 0 saturated carbocycles. The Labute approximate surface area is 193 Å². The number of carbonyl (C=O) groups is 4. The van der Waals surface area contributed by atoms with Gasteiger partial charge in [0.25, 0.3) is 5.69 Å². The van der Waals surface area contributed by atoms with Crippen LogP contribution in [0.1, 0.15) is 11.1 Å². The summed E-state index contributed by atoms with van der Waals surface area (Å²) in [6.45, 7) is -0.278. The fourth-order valence-electron chi connectivity index (χ4n) is 3.54. The predicted molar refractivity (Wildman–Crippen MR) is 123 cm³/mol. The zero-order valence-electron chi connectivity index (χ0n) is 18.3. The molecule has 34 heavy (non-hydrogen) atoms. The van der Waals surface area contributed by atoms with E-state index in [9.17, 15) is 29.3 Å². The number of benzene rings is 2. The Kier molecular flexibility index (Phi) is 8.23. The summed E-state index contributed by atoms with van der Waals surface area (Å²) in [5.41, 5.74) is 18.9. The van der Waals surface area contributed by atoms with Crippen molar-refractivity contribution in [2.45, 2.75) is 12.8 Å². The summed E-state index contributed by atoms with van der Waals surface area (Å²) >= 11 is 0. The lowest BCUT2D eigenvalue weighted by molar-refractivity contribution is -0.384. The van der Waals surface area contributed by atoms with E-state index < -0.39 is 16.7 Å². The van der Waals surface area contributed by atoms with Gasteiger partial charge in [-0.15, -0.1) is 0 Å². The summed E-state index contributed by atoms with van der Waals surface area (Å²) in [5, 5.41) is 17.6. The van der Waals surface area contributed by atoms with Gasteiger partial charge in [-0.2, -0.15) is 0 Å². The number of hydrogen-bond acceptors (Lipinski definition) is 8. The highest BCUT2D eigenvalue weighted by molar-refractivity contribution is 6.05. The number of primary amides is 2. The smallest absolute Gasteiger partial charge is 0.269 e. The number of nitro benzene ring substituents is 1. The molecule has 13 nitrogen and oxygen atoms in total. The molecule has 0 saturated heterocycles. The van der Waals surface area contributed by atoms with Crippen molar-refractivity contribution in [1.29, 1.82) is 0 Å². The van der Waals surface area contributed by atoms with Crippen molar-refractivity contribution in [1.82, 2.24) is 0 Å². The van der Waals surface area contributed by atoms with Crippen LogP contribution in [-0.2, 0) is 32.0 Å². The first kappa shape index (κ1) is 25.7. The molecule has 13 heteroatoms. The molecular formula is C21H24N6O7. The molecule has 0 atom stereocenters. The highest BCUT2D eigenvalue weighted by Gasteiger charge is 2.30. The Bertz CT molecular complexity index is 1150. The van der Waals surface area contributed by atoms with Crippen molar-refractivity contribution in [3.63, 3.8) is 0 Å². The molecule has 180 valence electrons. The molecular weight excluding hydrogens is 448 g/mol. The molecule has 0 spiro atoms. The number of nitrogens with zero attached hydrogens (tertiary/aromatic N) is 3. The summed E-state index contributed by atoms with van der Waals surface area (Å²) < 4.78 is 0. The van der Waals surface area contributed by atoms with Crippen LogP contribution in [0.3, 0.4) is 0 Å². The Morgan fingerprint density at radius 3 is 1.79 bits per heavy atom. The van der Waals surface area contributed by atoms with Gasteiger partial charge in [-0.05, 0) is 35.4 Å². The quantitative estimate of drug-likeness (QED) is 0.245. The highest BCUT2D eigenvalue weighted by atomic mass is 16.6. The van der Waals surface area contributed by atoms with Crippen LogP contribution in [-0.4, -0.2) is 53.9 Å². The molecule has 2 heterocycles. The van der Waals surface area contributed by atoms with Gasteiger partial charge in [0.15, 0.2) is 0 Å². The maximum atomic E-state index is 11.6. The van der Waals surface area contributed by atoms with Crippen LogP contribution in [0.25, 0.3) is 0 Å². The Morgan fingerprint density at radius 1 is 0.912 bits per heavy atom. The van der Waals surface area contributed by atoms with Crippen LogP contribution in [0.5, 0.6) is 0 Å². The summed E-state index contributed by atoms with van der Waals surface area (Å²) in [6, 6.07) is 9.28. The Balaban J connectivity index is 0.000000225. The van der Waals surface area contributed by atoms with Crippen molar-refractivity contribution >= 4 is 46.4 Å². The summed E-state index contributed by atoms with van der Waals surface area (Å²) in [6.07, 6.45) is 0.345. The molecule has 2 aromatic carbocycles. The third kappa shape index (κ3) is 5.83. The van der Waals surface area contributed by atoms with E-state index in [2.05, 4.69) is 0 Å². The Morgan fingerprint density at radius 2 is 1.35 bits per heavy atom. The second kappa shape index (κ2) is 10.9. The van der Waals surface area contributed by atoms with Gasteiger partial charge in [0.2, 0.25) is 23.6 Å². The van der Waals surface area contributed by atoms with Gasteiger partial charge in [-0.1, -0.05) is 0 Å². The van der Waals surface area contributed by atoms with E-state index in [1.807, 2.05) is 0 Å². The van der Waals surface area contributed by atoms with E-state index in [-0.39, 0.29) is 43.4 Å². The third-order valence-electron chi connectivity index (χ3n) is 4.87. The minimum Gasteiger partial charge on any atom is -0.400 e. The number of rotatable bonds is 5. The van der Waals surface area contributed by atoms with E-state index in [0.29, 0.717) is 16.9 Å². The average molecular weight is 472 g/mol. The average Bonchev–Trinajstić information content (AvgIpc) is 3.24. The number of nitrogens with two attached hydrogens (primary N) is 3. The maximum Gasteiger partial charge on any atom is 0.269 e. The van der Waals surface area contributed by atoms with Crippen LogP contribution < -0.4 is 27.0 Å². The molecule has 0 unspecified atom stereocenters. The molecule has 2 aliphatic rings. The largest absolute Gasteiger partial charge is 0.400 e. The summed E-state index contributed by atoms with van der Waals surface area (Å²) in [4.78, 5) is 57.4. The topological polar surface area (TPSA) is 216 Å². The van der Waals surface area contributed by atoms with E-state index in [1.54, 1.807) is 18.2 Å². The van der Waals surface area contributed by atoms with Gasteiger partial charge < -0.3 is 32.1 Å². The van der Waals surface area contributed by atoms with E-state index >= 15 is 0 Å². The maximum absolute atomic E-state index is 11.6. The van der Waals surface area contributed by atoms with E-state index in [0.717, 1.165) is 18.4 Å². The monoisotopic (exact) mass is 472 g/mol. The molecule has 7 N–H and O–H groups in total. The molecule has 0 aromatic heterocycles. The second-order valence-corrected chi connectivity index (χ2v) is 7.20. The second-order valence-electron chi connectivity index (χ2n) is 7.20. The van der Waals surface area contributed by atoms with Gasteiger partial charge in [0.1, 0.15) is 13.1 Å². The number of amides is 4. The number of nitro groups is 1. The van der Waals surface area contributed by atoms with Crippen LogP contribution in [0.2, 0.25) is 0 Å². The zero-order valence-corrected chi connectivity index (χ0v) is 18.3. The molecule has 0 fully saturated rings. The fourth-order valence-corrected chi connectivity index (χ4v) is 3.54. The van der Waals surface area contributed by atoms with Crippen LogP contribution in [0.15, 0.2) is 36.4 Å². The predicted octanol–water partition coefficient (Wildman–Crippen LogP) is -0.779. The lowest BCUT2D eigenvalue weighted by Gasteiger charge is -2.14. The molecule has 2 aromatic rings. The zero-order chi connectivity index (χ0) is 25.6. The van der Waals surface area contributed by atoms with Gasteiger partial charge in [-0.3, -0.25) is 29.3 Å². The first-order chi connectivity index (χ1) is 16.1. The number of nitrogen functional groups attached to an aromatic ring is 1. The Hall–Kier alpha value is -4.52. The first-order valence-corrected chi connectivity index (χ1v) is 9.84. The van der Waals surface area contributed by atoms with Gasteiger partial charge in [0, 0.05) is 36.3 Å². The number of aliphatic hydroxyl groups excluding tert-OH is 1. The molecule has 4 rings (SSSR count). The number of anilines is 3. The SMILES string of the molecule is CO.NC(=O)CN1C(=O)Cc2cc(N)ccc21.NC(=O)CN1C(=O)Cc2cc([N+](=O)[O-])ccc21. The minimum absolute atomic E-state index is 0.0598. The van der Waals surface area contributed by atoms with Crippen LogP contribution in [0, 0.1) is 10.1 Å². The fraction of sp³-hybridized carbons (Fsp3) is 0.238. The number of non-ortho nitro benzene ring substituents is 1. The molecule has 0 radical (unpaired) electrons.